The van der Waals surface area contributed by atoms with Gasteiger partial charge in [0, 0.05) is 5.70 Å². The zero-order valence-corrected chi connectivity index (χ0v) is 9.64. The quantitative estimate of drug-likeness (QED) is 0.892. The van der Waals surface area contributed by atoms with E-state index in [-0.39, 0.29) is 10.6 Å². The van der Waals surface area contributed by atoms with Crippen LogP contribution in [0.2, 0.25) is 0 Å². The molecule has 1 rings (SSSR count). The number of hydrogen-bond acceptors (Lipinski definition) is 3. The average Bonchev–Trinajstić information content (AvgIpc) is 2.14. The average molecular weight is 265 g/mol. The summed E-state index contributed by atoms with van der Waals surface area (Å²) in [6.45, 7) is 1.38. The van der Waals surface area contributed by atoms with Crippen LogP contribution in [0.4, 0.5) is 13.2 Å². The number of rotatable bonds is 2. The summed E-state index contributed by atoms with van der Waals surface area (Å²) in [5.74, 6) is 0. The molecule has 0 amide bonds. The van der Waals surface area contributed by atoms with Crippen molar-refractivity contribution < 1.29 is 21.6 Å². The molecular formula is C10H10F3NO2S. The third-order valence-electron chi connectivity index (χ3n) is 1.85. The topological polar surface area (TPSA) is 60.2 Å². The molecule has 0 aliphatic rings. The van der Waals surface area contributed by atoms with Crippen molar-refractivity contribution in [3.05, 3.63) is 40.9 Å². The summed E-state index contributed by atoms with van der Waals surface area (Å²) < 4.78 is 59.9. The third kappa shape index (κ3) is 3.48. The van der Waals surface area contributed by atoms with E-state index in [0.29, 0.717) is 12.1 Å². The molecule has 17 heavy (non-hydrogen) atoms. The van der Waals surface area contributed by atoms with Crippen molar-refractivity contribution in [2.75, 3.05) is 0 Å². The lowest BCUT2D eigenvalue weighted by molar-refractivity contribution is -0.137. The van der Waals surface area contributed by atoms with Gasteiger partial charge in [0.25, 0.3) is 0 Å². The van der Waals surface area contributed by atoms with Crippen LogP contribution < -0.4 is 5.73 Å². The van der Waals surface area contributed by atoms with Crippen molar-refractivity contribution >= 4 is 9.84 Å². The summed E-state index contributed by atoms with van der Waals surface area (Å²) in [5.41, 5.74) is 4.38. The van der Waals surface area contributed by atoms with Gasteiger partial charge in [0.2, 0.25) is 9.84 Å². The molecule has 3 nitrogen and oxygen atoms in total. The minimum atomic E-state index is -4.48. The number of hydrogen-bond donors (Lipinski definition) is 1. The summed E-state index contributed by atoms with van der Waals surface area (Å²) in [7, 11) is -3.78. The predicted octanol–water partition coefficient (Wildman–Crippen LogP) is 2.30. The molecule has 1 aromatic rings. The van der Waals surface area contributed by atoms with E-state index in [1.165, 1.54) is 6.92 Å². The minimum absolute atomic E-state index is 0.0601. The van der Waals surface area contributed by atoms with Gasteiger partial charge in [0.15, 0.2) is 0 Å². The fourth-order valence-electron chi connectivity index (χ4n) is 1.15. The molecule has 0 aromatic heterocycles. The summed E-state index contributed by atoms with van der Waals surface area (Å²) in [4.78, 5) is -0.227. The van der Waals surface area contributed by atoms with Gasteiger partial charge >= 0.3 is 6.18 Å². The number of allylic oxidation sites excluding steroid dienone is 1. The third-order valence-corrected chi connectivity index (χ3v) is 3.46. The van der Waals surface area contributed by atoms with Gasteiger partial charge in [0.05, 0.1) is 15.9 Å². The van der Waals surface area contributed by atoms with E-state index in [2.05, 4.69) is 0 Å². The van der Waals surface area contributed by atoms with Crippen molar-refractivity contribution in [1.82, 2.24) is 0 Å². The molecule has 0 aliphatic heterocycles. The summed E-state index contributed by atoms with van der Waals surface area (Å²) in [6.07, 6.45) is -4.48. The Morgan fingerprint density at radius 2 is 1.71 bits per heavy atom. The number of nitrogens with two attached hydrogens (primary N) is 1. The number of halogens is 3. The fraction of sp³-hybridized carbons (Fsp3) is 0.200. The number of benzene rings is 1. The molecule has 1 aromatic carbocycles. The van der Waals surface area contributed by atoms with Gasteiger partial charge in [-0.3, -0.25) is 0 Å². The lowest BCUT2D eigenvalue weighted by Gasteiger charge is -2.07. The van der Waals surface area contributed by atoms with Crippen LogP contribution in [-0.4, -0.2) is 8.42 Å². The molecule has 0 heterocycles. The molecule has 94 valence electrons. The van der Waals surface area contributed by atoms with Crippen LogP contribution >= 0.6 is 0 Å². The van der Waals surface area contributed by atoms with E-state index in [0.717, 1.165) is 17.5 Å². The highest BCUT2D eigenvalue weighted by molar-refractivity contribution is 7.94. The Kier molecular flexibility index (Phi) is 3.51. The number of sulfone groups is 1. The van der Waals surface area contributed by atoms with Crippen LogP contribution in [0.25, 0.3) is 0 Å². The first-order valence-electron chi connectivity index (χ1n) is 4.49. The Hall–Kier alpha value is -1.50. The normalized spacial score (nSPS) is 13.8. The highest BCUT2D eigenvalue weighted by atomic mass is 32.2. The standard InChI is InChI=1S/C10H10F3NO2S/c1-7(14)6-17(15,16)9-4-2-8(3-5-9)10(11,12)13/h2-6H,14H2,1H3/b7-6+. The molecular weight excluding hydrogens is 255 g/mol. The van der Waals surface area contributed by atoms with E-state index >= 15 is 0 Å². The van der Waals surface area contributed by atoms with Crippen molar-refractivity contribution in [2.45, 2.75) is 18.0 Å². The Bertz CT molecular complexity index is 526. The first-order chi connectivity index (χ1) is 7.63. The van der Waals surface area contributed by atoms with Gasteiger partial charge in [-0.2, -0.15) is 13.2 Å². The van der Waals surface area contributed by atoms with Gasteiger partial charge < -0.3 is 5.73 Å². The Balaban J connectivity index is 3.17. The monoisotopic (exact) mass is 265 g/mol. The molecule has 0 saturated heterocycles. The highest BCUT2D eigenvalue weighted by Gasteiger charge is 2.30. The first kappa shape index (κ1) is 13.6. The molecule has 0 radical (unpaired) electrons. The van der Waals surface area contributed by atoms with Gasteiger partial charge in [-0.05, 0) is 31.2 Å². The maximum Gasteiger partial charge on any atom is 0.416 e. The fourth-order valence-corrected chi connectivity index (χ4v) is 2.29. The molecule has 7 heteroatoms. The second-order valence-corrected chi connectivity index (χ2v) is 5.23. The van der Waals surface area contributed by atoms with Crippen LogP contribution in [0.3, 0.4) is 0 Å². The van der Waals surface area contributed by atoms with E-state index < -0.39 is 21.6 Å². The van der Waals surface area contributed by atoms with E-state index in [9.17, 15) is 21.6 Å². The Labute approximate surface area is 96.7 Å². The van der Waals surface area contributed by atoms with Gasteiger partial charge in [0.1, 0.15) is 0 Å². The largest absolute Gasteiger partial charge is 0.416 e. The lowest BCUT2D eigenvalue weighted by Crippen LogP contribution is -2.06. The molecule has 0 saturated carbocycles. The van der Waals surface area contributed by atoms with Gasteiger partial charge in [-0.15, -0.1) is 0 Å². The predicted molar refractivity (Wildman–Crippen MR) is 56.6 cm³/mol. The second-order valence-electron chi connectivity index (χ2n) is 3.43. The summed E-state index contributed by atoms with van der Waals surface area (Å²) >= 11 is 0. The zero-order chi connectivity index (χ0) is 13.3. The minimum Gasteiger partial charge on any atom is -0.402 e. The van der Waals surface area contributed by atoms with E-state index in [1.807, 2.05) is 0 Å². The van der Waals surface area contributed by atoms with E-state index in [1.54, 1.807) is 0 Å². The second kappa shape index (κ2) is 4.40. The van der Waals surface area contributed by atoms with Crippen molar-refractivity contribution in [3.63, 3.8) is 0 Å². The van der Waals surface area contributed by atoms with Gasteiger partial charge in [-0.25, -0.2) is 8.42 Å². The number of alkyl halides is 3. The van der Waals surface area contributed by atoms with Crippen LogP contribution in [0, 0.1) is 0 Å². The summed E-state index contributed by atoms with van der Waals surface area (Å²) in [6, 6.07) is 3.23. The SMILES string of the molecule is C/C(N)=C\S(=O)(=O)c1ccc(C(F)(F)F)cc1. The maximum absolute atomic E-state index is 12.2. The molecule has 0 atom stereocenters. The molecule has 0 bridgehead atoms. The van der Waals surface area contributed by atoms with Crippen LogP contribution in [0.1, 0.15) is 12.5 Å². The molecule has 2 N–H and O–H groups in total. The van der Waals surface area contributed by atoms with Crippen molar-refractivity contribution in [1.29, 1.82) is 0 Å². The van der Waals surface area contributed by atoms with Gasteiger partial charge in [-0.1, -0.05) is 0 Å². The zero-order valence-electron chi connectivity index (χ0n) is 8.82. The molecule has 0 fully saturated rings. The van der Waals surface area contributed by atoms with Crippen LogP contribution in [-0.2, 0) is 16.0 Å². The highest BCUT2D eigenvalue weighted by Crippen LogP contribution is 2.29. The molecule has 0 unspecified atom stereocenters. The maximum atomic E-state index is 12.2. The van der Waals surface area contributed by atoms with Crippen LogP contribution in [0.5, 0.6) is 0 Å². The van der Waals surface area contributed by atoms with Crippen molar-refractivity contribution in [3.8, 4) is 0 Å². The Morgan fingerprint density at radius 3 is 2.06 bits per heavy atom. The van der Waals surface area contributed by atoms with Crippen molar-refractivity contribution in [2.24, 2.45) is 5.73 Å². The lowest BCUT2D eigenvalue weighted by atomic mass is 10.2. The summed E-state index contributed by atoms with van der Waals surface area (Å²) in [5, 5.41) is 0.801. The Morgan fingerprint density at radius 1 is 1.24 bits per heavy atom. The first-order valence-corrected chi connectivity index (χ1v) is 6.04. The smallest absolute Gasteiger partial charge is 0.402 e. The molecule has 0 spiro atoms. The molecule has 0 aliphatic carbocycles. The van der Waals surface area contributed by atoms with Crippen LogP contribution in [0.15, 0.2) is 40.3 Å². The van der Waals surface area contributed by atoms with E-state index in [4.69, 9.17) is 5.73 Å².